The van der Waals surface area contributed by atoms with Gasteiger partial charge in [0.1, 0.15) is 11.6 Å². The fourth-order valence-electron chi connectivity index (χ4n) is 1.94. The Labute approximate surface area is 121 Å². The second-order valence-electron chi connectivity index (χ2n) is 4.23. The first-order chi connectivity index (χ1) is 9.04. The largest absolute Gasteiger partial charge is 0.496 e. The molecular weight excluding hydrogens is 286 g/mol. The van der Waals surface area contributed by atoms with Crippen LogP contribution in [0, 0.1) is 12.7 Å². The van der Waals surface area contributed by atoms with Crippen LogP contribution >= 0.6 is 23.2 Å². The summed E-state index contributed by atoms with van der Waals surface area (Å²) in [5.74, 6) is 0.287. The standard InChI is InChI=1S/C15H13Cl2FO/c1-9-4-3-5-11(15(9)18)14(17)12-8-10(16)6-7-13(12)19-2/h3-8,14H,1-2H3. The summed E-state index contributed by atoms with van der Waals surface area (Å²) in [5.41, 5.74) is 1.63. The van der Waals surface area contributed by atoms with Gasteiger partial charge in [0.05, 0.1) is 12.5 Å². The van der Waals surface area contributed by atoms with Gasteiger partial charge in [0.15, 0.2) is 0 Å². The Balaban J connectivity index is 2.52. The Hall–Kier alpha value is -1.25. The smallest absolute Gasteiger partial charge is 0.131 e. The van der Waals surface area contributed by atoms with Gasteiger partial charge in [0, 0.05) is 16.1 Å². The van der Waals surface area contributed by atoms with Gasteiger partial charge in [-0.05, 0) is 30.7 Å². The summed E-state index contributed by atoms with van der Waals surface area (Å²) in [4.78, 5) is 0. The van der Waals surface area contributed by atoms with Gasteiger partial charge in [-0.1, -0.05) is 29.8 Å². The highest BCUT2D eigenvalue weighted by Crippen LogP contribution is 2.38. The predicted octanol–water partition coefficient (Wildman–Crippen LogP) is 5.12. The maximum atomic E-state index is 14.1. The van der Waals surface area contributed by atoms with E-state index in [0.29, 0.717) is 27.5 Å². The Morgan fingerprint density at radius 2 is 1.89 bits per heavy atom. The minimum atomic E-state index is -0.645. The molecule has 0 radical (unpaired) electrons. The molecular formula is C15H13Cl2FO. The van der Waals surface area contributed by atoms with Crippen molar-refractivity contribution in [2.75, 3.05) is 7.11 Å². The average Bonchev–Trinajstić information content (AvgIpc) is 2.41. The molecule has 2 aromatic carbocycles. The molecule has 2 rings (SSSR count). The van der Waals surface area contributed by atoms with Crippen molar-refractivity contribution in [2.45, 2.75) is 12.3 Å². The summed E-state index contributed by atoms with van der Waals surface area (Å²) >= 11 is 12.4. The van der Waals surface area contributed by atoms with Gasteiger partial charge in [-0.3, -0.25) is 0 Å². The molecule has 19 heavy (non-hydrogen) atoms. The molecule has 0 N–H and O–H groups in total. The highest BCUT2D eigenvalue weighted by atomic mass is 35.5. The SMILES string of the molecule is COc1ccc(Cl)cc1C(Cl)c1cccc(C)c1F. The molecule has 0 fully saturated rings. The van der Waals surface area contributed by atoms with E-state index in [1.165, 1.54) is 0 Å². The van der Waals surface area contributed by atoms with Crippen molar-refractivity contribution in [3.8, 4) is 5.75 Å². The van der Waals surface area contributed by atoms with Crippen molar-refractivity contribution in [3.05, 3.63) is 63.9 Å². The van der Waals surface area contributed by atoms with Crippen molar-refractivity contribution in [3.63, 3.8) is 0 Å². The summed E-state index contributed by atoms with van der Waals surface area (Å²) in [6, 6.07) is 10.3. The number of halogens is 3. The molecule has 4 heteroatoms. The highest BCUT2D eigenvalue weighted by molar-refractivity contribution is 6.31. The zero-order valence-electron chi connectivity index (χ0n) is 10.6. The topological polar surface area (TPSA) is 9.23 Å². The molecule has 0 heterocycles. The van der Waals surface area contributed by atoms with E-state index in [4.69, 9.17) is 27.9 Å². The van der Waals surface area contributed by atoms with Crippen LogP contribution < -0.4 is 4.74 Å². The van der Waals surface area contributed by atoms with Crippen molar-refractivity contribution >= 4 is 23.2 Å². The van der Waals surface area contributed by atoms with Crippen LogP contribution in [0.3, 0.4) is 0 Å². The molecule has 0 spiro atoms. The van der Waals surface area contributed by atoms with E-state index in [0.717, 1.165) is 0 Å². The zero-order chi connectivity index (χ0) is 14.0. The molecule has 1 atom stereocenters. The second-order valence-corrected chi connectivity index (χ2v) is 5.10. The second kappa shape index (κ2) is 5.81. The number of hydrogen-bond donors (Lipinski definition) is 0. The lowest BCUT2D eigenvalue weighted by atomic mass is 10.0. The van der Waals surface area contributed by atoms with E-state index in [9.17, 15) is 4.39 Å². The third-order valence-electron chi connectivity index (χ3n) is 2.96. The van der Waals surface area contributed by atoms with Gasteiger partial charge >= 0.3 is 0 Å². The lowest BCUT2D eigenvalue weighted by Crippen LogP contribution is -2.01. The van der Waals surface area contributed by atoms with E-state index in [1.807, 2.05) is 0 Å². The van der Waals surface area contributed by atoms with Crippen LogP contribution in [0.15, 0.2) is 36.4 Å². The minimum Gasteiger partial charge on any atom is -0.496 e. The fourth-order valence-corrected chi connectivity index (χ4v) is 2.46. The van der Waals surface area contributed by atoms with Crippen molar-refractivity contribution in [1.82, 2.24) is 0 Å². The molecule has 100 valence electrons. The van der Waals surface area contributed by atoms with Crippen LogP contribution in [0.2, 0.25) is 5.02 Å². The summed E-state index contributed by atoms with van der Waals surface area (Å²) in [7, 11) is 1.54. The molecule has 0 aromatic heterocycles. The third kappa shape index (κ3) is 2.85. The number of alkyl halides is 1. The predicted molar refractivity (Wildman–Crippen MR) is 76.8 cm³/mol. The van der Waals surface area contributed by atoms with Gasteiger partial charge in [-0.25, -0.2) is 4.39 Å². The Bertz CT molecular complexity index is 599. The Morgan fingerprint density at radius 3 is 2.58 bits per heavy atom. The van der Waals surface area contributed by atoms with Crippen molar-refractivity contribution < 1.29 is 9.13 Å². The van der Waals surface area contributed by atoms with Gasteiger partial charge in [-0.15, -0.1) is 11.6 Å². The van der Waals surface area contributed by atoms with Crippen LogP contribution in [-0.2, 0) is 0 Å². The molecule has 0 saturated heterocycles. The van der Waals surface area contributed by atoms with Crippen LogP contribution in [0.1, 0.15) is 22.1 Å². The molecule has 0 saturated carbocycles. The molecule has 0 amide bonds. The van der Waals surface area contributed by atoms with Crippen LogP contribution in [0.5, 0.6) is 5.75 Å². The number of benzene rings is 2. The first kappa shape index (κ1) is 14.2. The van der Waals surface area contributed by atoms with E-state index >= 15 is 0 Å². The summed E-state index contributed by atoms with van der Waals surface area (Å²) in [5, 5.41) is -0.108. The molecule has 0 aliphatic rings. The monoisotopic (exact) mass is 298 g/mol. The van der Waals surface area contributed by atoms with E-state index < -0.39 is 5.38 Å². The molecule has 2 aromatic rings. The lowest BCUT2D eigenvalue weighted by molar-refractivity contribution is 0.410. The average molecular weight is 299 g/mol. The Morgan fingerprint density at radius 1 is 1.16 bits per heavy atom. The van der Waals surface area contributed by atoms with Gasteiger partial charge < -0.3 is 4.74 Å². The molecule has 0 aliphatic carbocycles. The zero-order valence-corrected chi connectivity index (χ0v) is 12.1. The Kier molecular flexibility index (Phi) is 4.33. The molecule has 0 bridgehead atoms. The molecule has 1 unspecified atom stereocenters. The third-order valence-corrected chi connectivity index (χ3v) is 3.66. The van der Waals surface area contributed by atoms with E-state index in [1.54, 1.807) is 50.4 Å². The quantitative estimate of drug-likeness (QED) is 0.714. The lowest BCUT2D eigenvalue weighted by Gasteiger charge is -2.16. The van der Waals surface area contributed by atoms with E-state index in [2.05, 4.69) is 0 Å². The normalized spacial score (nSPS) is 12.3. The number of methoxy groups -OCH3 is 1. The van der Waals surface area contributed by atoms with E-state index in [-0.39, 0.29) is 5.82 Å². The maximum absolute atomic E-state index is 14.1. The highest BCUT2D eigenvalue weighted by Gasteiger charge is 2.20. The van der Waals surface area contributed by atoms with Gasteiger partial charge in [-0.2, -0.15) is 0 Å². The molecule has 0 aliphatic heterocycles. The summed E-state index contributed by atoms with van der Waals surface area (Å²) < 4.78 is 19.4. The van der Waals surface area contributed by atoms with Crippen LogP contribution in [0.25, 0.3) is 0 Å². The molecule has 1 nitrogen and oxygen atoms in total. The number of ether oxygens (including phenoxy) is 1. The van der Waals surface area contributed by atoms with Gasteiger partial charge in [0.25, 0.3) is 0 Å². The number of aryl methyl sites for hydroxylation is 1. The maximum Gasteiger partial charge on any atom is 0.131 e. The first-order valence-corrected chi connectivity index (χ1v) is 6.58. The number of hydrogen-bond acceptors (Lipinski definition) is 1. The van der Waals surface area contributed by atoms with Crippen LogP contribution in [0.4, 0.5) is 4.39 Å². The summed E-state index contributed by atoms with van der Waals surface area (Å²) in [6.45, 7) is 1.71. The fraction of sp³-hybridized carbons (Fsp3) is 0.200. The van der Waals surface area contributed by atoms with Gasteiger partial charge in [0.2, 0.25) is 0 Å². The van der Waals surface area contributed by atoms with Crippen molar-refractivity contribution in [1.29, 1.82) is 0 Å². The first-order valence-electron chi connectivity index (χ1n) is 5.77. The van der Waals surface area contributed by atoms with Crippen molar-refractivity contribution in [2.24, 2.45) is 0 Å². The van der Waals surface area contributed by atoms with Crippen LogP contribution in [-0.4, -0.2) is 7.11 Å². The minimum absolute atomic E-state index is 0.301. The summed E-state index contributed by atoms with van der Waals surface area (Å²) in [6.07, 6.45) is 0. The number of rotatable bonds is 3.